The highest BCUT2D eigenvalue weighted by Gasteiger charge is 2.18. The lowest BCUT2D eigenvalue weighted by molar-refractivity contribution is -0.384. The van der Waals surface area contributed by atoms with Crippen LogP contribution in [-0.2, 0) is 0 Å². The van der Waals surface area contributed by atoms with E-state index < -0.39 is 10.8 Å². The first kappa shape index (κ1) is 18.2. The Morgan fingerprint density at radius 2 is 1.76 bits per heavy atom. The van der Waals surface area contributed by atoms with E-state index in [1.54, 1.807) is 30.3 Å². The first-order valence-electron chi connectivity index (χ1n) is 8.78. The molecule has 7 nitrogen and oxygen atoms in total. The minimum atomic E-state index is -0.521. The Morgan fingerprint density at radius 1 is 1.03 bits per heavy atom. The van der Waals surface area contributed by atoms with E-state index in [4.69, 9.17) is 9.15 Å². The van der Waals surface area contributed by atoms with Gasteiger partial charge >= 0.3 is 0 Å². The molecule has 0 bridgehead atoms. The van der Waals surface area contributed by atoms with Crippen molar-refractivity contribution in [3.63, 3.8) is 0 Å². The Balaban J connectivity index is 1.76. The number of carbonyl (C=O) groups is 1. The number of nitro benzene ring substituents is 1. The van der Waals surface area contributed by atoms with Gasteiger partial charge in [-0.3, -0.25) is 14.9 Å². The maximum atomic E-state index is 12.7. The molecule has 0 aliphatic carbocycles. The van der Waals surface area contributed by atoms with Crippen LogP contribution >= 0.6 is 0 Å². The number of anilines is 1. The molecule has 3 aromatic carbocycles. The minimum absolute atomic E-state index is 0.170. The maximum Gasteiger partial charge on any atom is 0.275 e. The van der Waals surface area contributed by atoms with Gasteiger partial charge in [-0.05, 0) is 30.3 Å². The van der Waals surface area contributed by atoms with Crippen molar-refractivity contribution in [1.29, 1.82) is 0 Å². The number of ether oxygens (including phenoxy) is 1. The SMILES string of the molecule is COc1ccc(C(=O)Nc2cc([N+](=O)[O-])cc3oc(-c4ccccc4)cc23)cc1. The zero-order valence-corrected chi connectivity index (χ0v) is 15.4. The second-order valence-electron chi connectivity index (χ2n) is 6.32. The van der Waals surface area contributed by atoms with Crippen LogP contribution in [0.3, 0.4) is 0 Å². The van der Waals surface area contributed by atoms with Gasteiger partial charge in [0.15, 0.2) is 0 Å². The van der Waals surface area contributed by atoms with Crippen LogP contribution in [0.2, 0.25) is 0 Å². The van der Waals surface area contributed by atoms with Gasteiger partial charge in [-0.1, -0.05) is 30.3 Å². The molecule has 0 atom stereocenters. The Morgan fingerprint density at radius 3 is 2.41 bits per heavy atom. The molecule has 4 aromatic rings. The van der Waals surface area contributed by atoms with Gasteiger partial charge < -0.3 is 14.5 Å². The fourth-order valence-electron chi connectivity index (χ4n) is 3.01. The van der Waals surface area contributed by atoms with Gasteiger partial charge in [-0.15, -0.1) is 0 Å². The van der Waals surface area contributed by atoms with Crippen molar-refractivity contribution in [2.24, 2.45) is 0 Å². The number of nitrogens with zero attached hydrogens (tertiary/aromatic N) is 1. The van der Waals surface area contributed by atoms with Crippen LogP contribution in [0, 0.1) is 10.1 Å². The molecule has 1 heterocycles. The van der Waals surface area contributed by atoms with Crippen molar-refractivity contribution in [1.82, 2.24) is 0 Å². The van der Waals surface area contributed by atoms with Crippen molar-refractivity contribution in [3.8, 4) is 17.1 Å². The van der Waals surface area contributed by atoms with E-state index in [0.29, 0.717) is 33.7 Å². The average Bonchev–Trinajstić information content (AvgIpc) is 3.19. The summed E-state index contributed by atoms with van der Waals surface area (Å²) in [6.07, 6.45) is 0. The van der Waals surface area contributed by atoms with Crippen LogP contribution in [0.25, 0.3) is 22.3 Å². The van der Waals surface area contributed by atoms with Gasteiger partial charge in [0.05, 0.1) is 23.8 Å². The van der Waals surface area contributed by atoms with Crippen LogP contribution in [0.1, 0.15) is 10.4 Å². The summed E-state index contributed by atoms with van der Waals surface area (Å²) in [5.74, 6) is 0.791. The molecule has 0 spiro atoms. The van der Waals surface area contributed by atoms with Gasteiger partial charge in [0.2, 0.25) is 0 Å². The predicted molar refractivity (Wildman–Crippen MR) is 109 cm³/mol. The van der Waals surface area contributed by atoms with Crippen LogP contribution in [0.5, 0.6) is 5.75 Å². The second kappa shape index (κ2) is 7.47. The van der Waals surface area contributed by atoms with E-state index >= 15 is 0 Å². The number of hydrogen-bond donors (Lipinski definition) is 1. The van der Waals surface area contributed by atoms with E-state index in [0.717, 1.165) is 5.56 Å². The van der Waals surface area contributed by atoms with Gasteiger partial charge in [0.1, 0.15) is 17.1 Å². The predicted octanol–water partition coefficient (Wildman–Crippen LogP) is 5.27. The van der Waals surface area contributed by atoms with E-state index in [1.165, 1.54) is 19.2 Å². The summed E-state index contributed by atoms with van der Waals surface area (Å²) in [7, 11) is 1.54. The topological polar surface area (TPSA) is 94.6 Å². The van der Waals surface area contributed by atoms with Crippen molar-refractivity contribution in [3.05, 3.63) is 88.5 Å². The molecule has 0 aliphatic rings. The van der Waals surface area contributed by atoms with E-state index in [1.807, 2.05) is 30.3 Å². The number of fused-ring (bicyclic) bond motifs is 1. The first-order chi connectivity index (χ1) is 14.0. The first-order valence-corrected chi connectivity index (χ1v) is 8.78. The van der Waals surface area contributed by atoms with Gasteiger partial charge in [-0.25, -0.2) is 0 Å². The zero-order chi connectivity index (χ0) is 20.4. The van der Waals surface area contributed by atoms with Crippen LogP contribution in [0.15, 0.2) is 77.2 Å². The molecule has 0 aliphatic heterocycles. The summed E-state index contributed by atoms with van der Waals surface area (Å²) in [5.41, 5.74) is 1.69. The molecule has 4 rings (SSSR count). The molecular formula is C22H16N2O5. The van der Waals surface area contributed by atoms with E-state index in [2.05, 4.69) is 5.32 Å². The Hall–Kier alpha value is -4.13. The third kappa shape index (κ3) is 3.66. The number of hydrogen-bond acceptors (Lipinski definition) is 5. The second-order valence-corrected chi connectivity index (χ2v) is 6.32. The summed E-state index contributed by atoms with van der Waals surface area (Å²) in [4.78, 5) is 23.5. The number of nitrogens with one attached hydrogen (secondary N) is 1. The van der Waals surface area contributed by atoms with Crippen molar-refractivity contribution in [2.45, 2.75) is 0 Å². The molecule has 0 fully saturated rings. The molecule has 1 aromatic heterocycles. The number of furan rings is 1. The van der Waals surface area contributed by atoms with E-state index in [-0.39, 0.29) is 5.69 Å². The monoisotopic (exact) mass is 388 g/mol. The van der Waals surface area contributed by atoms with Crippen LogP contribution < -0.4 is 10.1 Å². The molecule has 0 saturated heterocycles. The van der Waals surface area contributed by atoms with Crippen LogP contribution in [-0.4, -0.2) is 17.9 Å². The third-order valence-electron chi connectivity index (χ3n) is 4.49. The van der Waals surface area contributed by atoms with Gasteiger partial charge in [0, 0.05) is 22.6 Å². The van der Waals surface area contributed by atoms with Crippen molar-refractivity contribution >= 4 is 28.3 Å². The lowest BCUT2D eigenvalue weighted by atomic mass is 10.1. The lowest BCUT2D eigenvalue weighted by Crippen LogP contribution is -2.12. The maximum absolute atomic E-state index is 12.7. The molecule has 0 saturated carbocycles. The Kier molecular flexibility index (Phi) is 4.70. The smallest absolute Gasteiger partial charge is 0.275 e. The quantitative estimate of drug-likeness (QED) is 0.371. The standard InChI is InChI=1S/C22H16N2O5/c1-28-17-9-7-15(8-10-17)22(25)23-19-11-16(24(26)27)12-21-18(19)13-20(29-21)14-5-3-2-4-6-14/h2-13H,1H3,(H,23,25). The number of methoxy groups -OCH3 is 1. The number of rotatable bonds is 5. The highest BCUT2D eigenvalue weighted by Crippen LogP contribution is 2.35. The summed E-state index contributed by atoms with van der Waals surface area (Å²) >= 11 is 0. The van der Waals surface area contributed by atoms with Gasteiger partial charge in [0.25, 0.3) is 11.6 Å². The third-order valence-corrected chi connectivity index (χ3v) is 4.49. The number of carbonyl (C=O) groups excluding carboxylic acids is 1. The number of non-ortho nitro benzene ring substituents is 1. The zero-order valence-electron chi connectivity index (χ0n) is 15.4. The lowest BCUT2D eigenvalue weighted by Gasteiger charge is -2.07. The number of amides is 1. The summed E-state index contributed by atoms with van der Waals surface area (Å²) in [6.45, 7) is 0. The molecule has 0 radical (unpaired) electrons. The normalized spacial score (nSPS) is 10.7. The fraction of sp³-hybridized carbons (Fsp3) is 0.0455. The number of nitro groups is 1. The fourth-order valence-corrected chi connectivity index (χ4v) is 3.01. The molecule has 1 N–H and O–H groups in total. The van der Waals surface area contributed by atoms with Crippen molar-refractivity contribution < 1.29 is 18.9 Å². The molecule has 144 valence electrons. The molecular weight excluding hydrogens is 372 g/mol. The summed E-state index contributed by atoms with van der Waals surface area (Å²) in [6, 6.07) is 20.4. The Labute approximate surface area is 165 Å². The van der Waals surface area contributed by atoms with E-state index in [9.17, 15) is 14.9 Å². The van der Waals surface area contributed by atoms with Crippen LogP contribution in [0.4, 0.5) is 11.4 Å². The highest BCUT2D eigenvalue weighted by molar-refractivity contribution is 6.09. The molecule has 0 unspecified atom stereocenters. The summed E-state index contributed by atoms with van der Waals surface area (Å²) in [5, 5.41) is 14.7. The Bertz CT molecular complexity index is 1200. The van der Waals surface area contributed by atoms with Crippen molar-refractivity contribution in [2.75, 3.05) is 12.4 Å². The minimum Gasteiger partial charge on any atom is -0.497 e. The summed E-state index contributed by atoms with van der Waals surface area (Å²) < 4.78 is 10.9. The molecule has 1 amide bonds. The highest BCUT2D eigenvalue weighted by atomic mass is 16.6. The number of benzene rings is 3. The van der Waals surface area contributed by atoms with Gasteiger partial charge in [-0.2, -0.15) is 0 Å². The molecule has 7 heteroatoms. The largest absolute Gasteiger partial charge is 0.497 e. The molecule has 29 heavy (non-hydrogen) atoms. The average molecular weight is 388 g/mol.